The number of Topliss-reactive ketones (excluding diaryl/α,β-unsaturated/α-hetero) is 1. The molecular formula is C19H19NO6S. The van der Waals surface area contributed by atoms with E-state index in [0.29, 0.717) is 11.3 Å². The van der Waals surface area contributed by atoms with Crippen molar-refractivity contribution in [1.29, 1.82) is 0 Å². The van der Waals surface area contributed by atoms with Gasteiger partial charge in [0.25, 0.3) is 0 Å². The molecule has 8 heteroatoms. The lowest BCUT2D eigenvalue weighted by atomic mass is 10.1. The molecule has 1 N–H and O–H groups in total. The van der Waals surface area contributed by atoms with Crippen molar-refractivity contribution in [1.82, 2.24) is 0 Å². The van der Waals surface area contributed by atoms with Gasteiger partial charge in [0.2, 0.25) is 5.91 Å². The first-order valence-electron chi connectivity index (χ1n) is 8.14. The first kappa shape index (κ1) is 20.3. The van der Waals surface area contributed by atoms with Crippen LogP contribution in [-0.2, 0) is 19.4 Å². The number of amides is 1. The second-order valence-corrected chi connectivity index (χ2v) is 7.90. The van der Waals surface area contributed by atoms with Gasteiger partial charge < -0.3 is 10.1 Å². The zero-order valence-electron chi connectivity index (χ0n) is 14.9. The van der Waals surface area contributed by atoms with Crippen LogP contribution in [0.3, 0.4) is 0 Å². The highest BCUT2D eigenvalue weighted by Crippen LogP contribution is 2.18. The molecule has 2 aromatic rings. The maximum absolute atomic E-state index is 12.3. The van der Waals surface area contributed by atoms with E-state index in [1.54, 1.807) is 12.1 Å². The van der Waals surface area contributed by atoms with Crippen molar-refractivity contribution >= 4 is 33.2 Å². The number of rotatable bonds is 7. The lowest BCUT2D eigenvalue weighted by molar-refractivity contribution is -0.114. The van der Waals surface area contributed by atoms with E-state index in [9.17, 15) is 22.8 Å². The molecule has 2 aromatic carbocycles. The number of hydrogen-bond acceptors (Lipinski definition) is 6. The average molecular weight is 389 g/mol. The second kappa shape index (κ2) is 8.59. The summed E-state index contributed by atoms with van der Waals surface area (Å²) in [5, 5.41) is 2.58. The first-order valence-corrected chi connectivity index (χ1v) is 9.79. The molecule has 0 aromatic heterocycles. The Hall–Kier alpha value is -3.00. The van der Waals surface area contributed by atoms with Gasteiger partial charge in [-0.25, -0.2) is 13.2 Å². The number of esters is 1. The number of anilines is 1. The fourth-order valence-corrected chi connectivity index (χ4v) is 3.38. The predicted octanol–water partition coefficient (Wildman–Crippen LogP) is 2.48. The van der Waals surface area contributed by atoms with Crippen LogP contribution in [0, 0.1) is 0 Å². The minimum atomic E-state index is -3.60. The van der Waals surface area contributed by atoms with Gasteiger partial charge in [-0.2, -0.15) is 0 Å². The molecule has 2 rings (SSSR count). The van der Waals surface area contributed by atoms with E-state index in [4.69, 9.17) is 4.74 Å². The molecule has 0 unspecified atom stereocenters. The highest BCUT2D eigenvalue weighted by atomic mass is 32.2. The van der Waals surface area contributed by atoms with Crippen molar-refractivity contribution in [2.75, 3.05) is 17.7 Å². The number of ketones is 1. The molecule has 0 saturated carbocycles. The lowest BCUT2D eigenvalue weighted by Gasteiger charge is -2.09. The quantitative estimate of drug-likeness (QED) is 0.576. The summed E-state index contributed by atoms with van der Waals surface area (Å²) in [6.07, 6.45) is 0. The van der Waals surface area contributed by atoms with Crippen molar-refractivity contribution in [3.63, 3.8) is 0 Å². The summed E-state index contributed by atoms with van der Waals surface area (Å²) in [5.41, 5.74) is 0.731. The van der Waals surface area contributed by atoms with Crippen LogP contribution in [0.4, 0.5) is 5.69 Å². The molecule has 0 spiro atoms. The number of nitrogens with one attached hydrogen (secondary N) is 1. The van der Waals surface area contributed by atoms with Crippen molar-refractivity contribution in [2.45, 2.75) is 18.7 Å². The van der Waals surface area contributed by atoms with Crippen LogP contribution in [0.25, 0.3) is 0 Å². The van der Waals surface area contributed by atoms with Crippen LogP contribution in [0.1, 0.15) is 34.6 Å². The zero-order valence-corrected chi connectivity index (χ0v) is 15.7. The van der Waals surface area contributed by atoms with Gasteiger partial charge in [0.05, 0.1) is 16.2 Å². The third-order valence-electron chi connectivity index (χ3n) is 3.68. The minimum Gasteiger partial charge on any atom is -0.454 e. The fraction of sp³-hybridized carbons (Fsp3) is 0.211. The Bertz CT molecular complexity index is 964. The maximum atomic E-state index is 12.3. The smallest absolute Gasteiger partial charge is 0.339 e. The molecular weight excluding hydrogens is 370 g/mol. The molecule has 7 nitrogen and oxygen atoms in total. The summed E-state index contributed by atoms with van der Waals surface area (Å²) in [5.74, 6) is -1.72. The van der Waals surface area contributed by atoms with Crippen LogP contribution in [-0.4, -0.2) is 38.4 Å². The van der Waals surface area contributed by atoms with E-state index < -0.39 is 28.2 Å². The summed E-state index contributed by atoms with van der Waals surface area (Å²) in [7, 11) is -3.60. The molecule has 0 atom stereocenters. The molecule has 0 bridgehead atoms. The molecule has 0 aliphatic rings. The second-order valence-electron chi connectivity index (χ2n) is 5.66. The highest BCUT2D eigenvalue weighted by Gasteiger charge is 2.22. The van der Waals surface area contributed by atoms with Crippen LogP contribution < -0.4 is 5.32 Å². The maximum Gasteiger partial charge on any atom is 0.339 e. The van der Waals surface area contributed by atoms with Crippen LogP contribution >= 0.6 is 0 Å². The van der Waals surface area contributed by atoms with Gasteiger partial charge in [-0.15, -0.1) is 0 Å². The number of carbonyl (C=O) groups excluding carboxylic acids is 3. The van der Waals surface area contributed by atoms with Crippen molar-refractivity contribution in [3.8, 4) is 0 Å². The van der Waals surface area contributed by atoms with Gasteiger partial charge in [0.15, 0.2) is 22.2 Å². The topological polar surface area (TPSA) is 107 Å². The molecule has 1 amide bonds. The molecule has 0 fully saturated rings. The van der Waals surface area contributed by atoms with Crippen molar-refractivity contribution < 1.29 is 27.5 Å². The summed E-state index contributed by atoms with van der Waals surface area (Å²) in [4.78, 5) is 35.3. The number of hydrogen-bond donors (Lipinski definition) is 1. The third kappa shape index (κ3) is 5.24. The van der Waals surface area contributed by atoms with Gasteiger partial charge in [0, 0.05) is 18.2 Å². The Morgan fingerprint density at radius 3 is 2.22 bits per heavy atom. The largest absolute Gasteiger partial charge is 0.454 e. The third-order valence-corrected chi connectivity index (χ3v) is 5.47. The summed E-state index contributed by atoms with van der Waals surface area (Å²) < 4.78 is 29.2. The Balaban J connectivity index is 2.08. The summed E-state index contributed by atoms with van der Waals surface area (Å²) in [6, 6.07) is 11.8. The molecule has 0 saturated heterocycles. The van der Waals surface area contributed by atoms with E-state index in [-0.39, 0.29) is 22.1 Å². The van der Waals surface area contributed by atoms with E-state index in [1.807, 2.05) is 0 Å². The Morgan fingerprint density at radius 2 is 1.63 bits per heavy atom. The van der Waals surface area contributed by atoms with Crippen molar-refractivity contribution in [2.24, 2.45) is 0 Å². The summed E-state index contributed by atoms with van der Waals surface area (Å²) >= 11 is 0. The van der Waals surface area contributed by atoms with Crippen LogP contribution in [0.2, 0.25) is 0 Å². The predicted molar refractivity (Wildman–Crippen MR) is 99.5 cm³/mol. The number of ether oxygens (including phenoxy) is 1. The number of carbonyl (C=O) groups is 3. The standard InChI is InChI=1S/C19H19NO6S/c1-3-27(24,25)18-7-5-4-6-16(18)19(23)26-12-17(22)14-8-10-15(11-9-14)20-13(2)21/h4-11H,3,12H2,1-2H3,(H,20,21). The molecule has 0 radical (unpaired) electrons. The van der Waals surface area contributed by atoms with Gasteiger partial charge in [-0.3, -0.25) is 9.59 Å². The van der Waals surface area contributed by atoms with Gasteiger partial charge in [-0.05, 0) is 36.4 Å². The Labute approximate surface area is 157 Å². The normalized spacial score (nSPS) is 10.9. The molecule has 0 heterocycles. The Kier molecular flexibility index (Phi) is 6.46. The number of benzene rings is 2. The molecule has 142 valence electrons. The molecule has 0 aliphatic heterocycles. The van der Waals surface area contributed by atoms with E-state index in [0.717, 1.165) is 0 Å². The Morgan fingerprint density at radius 1 is 1.00 bits per heavy atom. The van der Waals surface area contributed by atoms with Gasteiger partial charge in [0.1, 0.15) is 0 Å². The monoisotopic (exact) mass is 389 g/mol. The average Bonchev–Trinajstić information content (AvgIpc) is 2.66. The van der Waals surface area contributed by atoms with Gasteiger partial charge in [-0.1, -0.05) is 19.1 Å². The SMILES string of the molecule is CCS(=O)(=O)c1ccccc1C(=O)OCC(=O)c1ccc(NC(C)=O)cc1. The first-order chi connectivity index (χ1) is 12.7. The summed E-state index contributed by atoms with van der Waals surface area (Å²) in [6.45, 7) is 2.32. The van der Waals surface area contributed by atoms with E-state index in [1.165, 1.54) is 50.2 Å². The molecule has 27 heavy (non-hydrogen) atoms. The van der Waals surface area contributed by atoms with E-state index in [2.05, 4.69) is 5.32 Å². The van der Waals surface area contributed by atoms with E-state index >= 15 is 0 Å². The van der Waals surface area contributed by atoms with Crippen LogP contribution in [0.15, 0.2) is 53.4 Å². The van der Waals surface area contributed by atoms with Gasteiger partial charge >= 0.3 is 5.97 Å². The van der Waals surface area contributed by atoms with Crippen LogP contribution in [0.5, 0.6) is 0 Å². The highest BCUT2D eigenvalue weighted by molar-refractivity contribution is 7.91. The minimum absolute atomic E-state index is 0.104. The number of sulfone groups is 1. The fourth-order valence-electron chi connectivity index (χ4n) is 2.30. The zero-order chi connectivity index (χ0) is 20.0. The lowest BCUT2D eigenvalue weighted by Crippen LogP contribution is -2.17. The molecule has 0 aliphatic carbocycles. The van der Waals surface area contributed by atoms with Crippen molar-refractivity contribution in [3.05, 3.63) is 59.7 Å².